The molecule has 1 amide bonds. The van der Waals surface area contributed by atoms with Crippen molar-refractivity contribution in [1.29, 1.82) is 0 Å². The van der Waals surface area contributed by atoms with Crippen LogP contribution in [0.4, 0.5) is 0 Å². The van der Waals surface area contributed by atoms with E-state index in [0.717, 1.165) is 0 Å². The topological polar surface area (TPSA) is 55.8 Å². The van der Waals surface area contributed by atoms with Gasteiger partial charge in [0.15, 0.2) is 6.04 Å². The Morgan fingerprint density at radius 1 is 1.07 bits per heavy atom. The Morgan fingerprint density at radius 3 is 2.30 bits per heavy atom. The van der Waals surface area contributed by atoms with E-state index >= 15 is 0 Å². The Kier molecular flexibility index (Phi) is 7.51. The molecule has 0 bridgehead atoms. The van der Waals surface area contributed by atoms with Crippen LogP contribution in [0.25, 0.3) is 0 Å². The number of nitrogens with zero attached hydrogens (tertiary/aromatic N) is 1. The first-order valence-electron chi connectivity index (χ1n) is 8.37. The summed E-state index contributed by atoms with van der Waals surface area (Å²) in [6, 6.07) is 11.1. The van der Waals surface area contributed by atoms with Gasteiger partial charge in [0.2, 0.25) is 5.91 Å². The van der Waals surface area contributed by atoms with Crippen molar-refractivity contribution in [2.24, 2.45) is 0 Å². The van der Waals surface area contributed by atoms with Gasteiger partial charge in [0, 0.05) is 7.05 Å². The molecule has 0 heterocycles. The number of carbonyl (C=O) groups is 2. The SMILES string of the molecule is CCOC(=O)C(c1ccc(OC)cc1)N(C)C(=O)Cc1ccc(Cl)c(Cl)c1. The molecule has 0 fully saturated rings. The molecule has 1 unspecified atom stereocenters. The number of methoxy groups -OCH3 is 1. The van der Waals surface area contributed by atoms with Crippen molar-refractivity contribution < 1.29 is 19.1 Å². The van der Waals surface area contributed by atoms with E-state index < -0.39 is 12.0 Å². The van der Waals surface area contributed by atoms with Crippen molar-refractivity contribution in [1.82, 2.24) is 4.90 Å². The van der Waals surface area contributed by atoms with Crippen LogP contribution in [0.5, 0.6) is 5.75 Å². The Bertz CT molecular complexity index is 808. The molecule has 0 N–H and O–H groups in total. The summed E-state index contributed by atoms with van der Waals surface area (Å²) in [6.07, 6.45) is 0.0828. The van der Waals surface area contributed by atoms with Crippen LogP contribution in [0.1, 0.15) is 24.1 Å². The first-order valence-corrected chi connectivity index (χ1v) is 9.13. The molecule has 1 atom stereocenters. The number of halogens is 2. The lowest BCUT2D eigenvalue weighted by molar-refractivity contribution is -0.154. The van der Waals surface area contributed by atoms with Crippen molar-refractivity contribution in [2.45, 2.75) is 19.4 Å². The highest BCUT2D eigenvalue weighted by molar-refractivity contribution is 6.42. The smallest absolute Gasteiger partial charge is 0.333 e. The molecular weight excluding hydrogens is 389 g/mol. The molecule has 7 heteroatoms. The minimum absolute atomic E-state index is 0.0828. The van der Waals surface area contributed by atoms with Gasteiger partial charge < -0.3 is 14.4 Å². The number of hydrogen-bond acceptors (Lipinski definition) is 4. The number of amides is 1. The molecule has 2 aromatic rings. The van der Waals surface area contributed by atoms with Crippen LogP contribution in [0, 0.1) is 0 Å². The molecular formula is C20H21Cl2NO4. The van der Waals surface area contributed by atoms with E-state index in [2.05, 4.69) is 0 Å². The largest absolute Gasteiger partial charge is 0.497 e. The van der Waals surface area contributed by atoms with E-state index in [1.807, 2.05) is 0 Å². The predicted octanol–water partition coefficient (Wildman–Crippen LogP) is 4.31. The van der Waals surface area contributed by atoms with Gasteiger partial charge in [-0.1, -0.05) is 41.4 Å². The van der Waals surface area contributed by atoms with E-state index in [9.17, 15) is 9.59 Å². The van der Waals surface area contributed by atoms with Gasteiger partial charge in [0.05, 0.1) is 30.2 Å². The van der Waals surface area contributed by atoms with Gasteiger partial charge in [-0.05, 0) is 42.3 Å². The minimum atomic E-state index is -0.855. The van der Waals surface area contributed by atoms with Gasteiger partial charge in [-0.2, -0.15) is 0 Å². The molecule has 0 radical (unpaired) electrons. The molecule has 0 aliphatic carbocycles. The van der Waals surface area contributed by atoms with Crippen molar-refractivity contribution in [3.05, 3.63) is 63.6 Å². The third kappa shape index (κ3) is 5.37. The van der Waals surface area contributed by atoms with E-state index in [4.69, 9.17) is 32.7 Å². The summed E-state index contributed by atoms with van der Waals surface area (Å²) in [5, 5.41) is 0.797. The maximum Gasteiger partial charge on any atom is 0.333 e. The molecule has 0 aliphatic rings. The Balaban J connectivity index is 2.25. The Labute approximate surface area is 168 Å². The maximum atomic E-state index is 12.8. The summed E-state index contributed by atoms with van der Waals surface area (Å²) < 4.78 is 10.3. The molecule has 0 saturated heterocycles. The fourth-order valence-corrected chi connectivity index (χ4v) is 2.94. The Morgan fingerprint density at radius 2 is 1.74 bits per heavy atom. The standard InChI is InChI=1S/C20H21Cl2NO4/c1-4-27-20(25)19(14-6-8-15(26-3)9-7-14)23(2)18(24)12-13-5-10-16(21)17(22)11-13/h5-11,19H,4,12H2,1-3H3. The molecule has 144 valence electrons. The van der Waals surface area contributed by atoms with Gasteiger partial charge in [0.1, 0.15) is 5.75 Å². The van der Waals surface area contributed by atoms with Crippen LogP contribution in [-0.2, 0) is 20.7 Å². The van der Waals surface area contributed by atoms with Crippen LogP contribution in [0.15, 0.2) is 42.5 Å². The summed E-state index contributed by atoms with van der Waals surface area (Å²) in [6.45, 7) is 1.95. The van der Waals surface area contributed by atoms with Crippen LogP contribution in [0.2, 0.25) is 10.0 Å². The average Bonchev–Trinajstić information content (AvgIpc) is 2.65. The van der Waals surface area contributed by atoms with Gasteiger partial charge in [-0.3, -0.25) is 4.79 Å². The fraction of sp³-hybridized carbons (Fsp3) is 0.300. The number of esters is 1. The quantitative estimate of drug-likeness (QED) is 0.639. The zero-order chi connectivity index (χ0) is 20.0. The van der Waals surface area contributed by atoms with Crippen LogP contribution < -0.4 is 4.74 Å². The number of likely N-dealkylation sites (N-methyl/N-ethyl adjacent to an activating group) is 1. The number of benzene rings is 2. The fourth-order valence-electron chi connectivity index (χ4n) is 2.62. The van der Waals surface area contributed by atoms with Crippen LogP contribution in [-0.4, -0.2) is 37.5 Å². The number of ether oxygens (including phenoxy) is 2. The van der Waals surface area contributed by atoms with Crippen molar-refractivity contribution in [3.63, 3.8) is 0 Å². The summed E-state index contributed by atoms with van der Waals surface area (Å²) in [4.78, 5) is 26.7. The molecule has 0 aliphatic heterocycles. The van der Waals surface area contributed by atoms with Crippen LogP contribution in [0.3, 0.4) is 0 Å². The monoisotopic (exact) mass is 409 g/mol. The highest BCUT2D eigenvalue weighted by Gasteiger charge is 2.30. The zero-order valence-corrected chi connectivity index (χ0v) is 16.9. The highest BCUT2D eigenvalue weighted by atomic mass is 35.5. The summed E-state index contributed by atoms with van der Waals surface area (Å²) in [5.41, 5.74) is 1.35. The number of rotatable bonds is 7. The summed E-state index contributed by atoms with van der Waals surface area (Å²) in [5.74, 6) is -0.0824. The zero-order valence-electron chi connectivity index (χ0n) is 15.4. The first kappa shape index (κ1) is 21.1. The van der Waals surface area contributed by atoms with E-state index in [-0.39, 0.29) is 18.9 Å². The molecule has 0 aromatic heterocycles. The van der Waals surface area contributed by atoms with Gasteiger partial charge in [0.25, 0.3) is 0 Å². The predicted molar refractivity (Wildman–Crippen MR) is 105 cm³/mol. The van der Waals surface area contributed by atoms with E-state index in [0.29, 0.717) is 26.9 Å². The average molecular weight is 410 g/mol. The van der Waals surface area contributed by atoms with Crippen molar-refractivity contribution >= 4 is 35.1 Å². The molecule has 2 rings (SSSR count). The van der Waals surface area contributed by atoms with Gasteiger partial charge in [-0.25, -0.2) is 4.79 Å². The van der Waals surface area contributed by atoms with Crippen LogP contribution >= 0.6 is 23.2 Å². The van der Waals surface area contributed by atoms with Gasteiger partial charge in [-0.15, -0.1) is 0 Å². The third-order valence-electron chi connectivity index (χ3n) is 4.06. The minimum Gasteiger partial charge on any atom is -0.497 e. The summed E-state index contributed by atoms with van der Waals surface area (Å²) >= 11 is 11.9. The highest BCUT2D eigenvalue weighted by Crippen LogP contribution is 2.26. The first-order chi connectivity index (χ1) is 12.9. The molecule has 0 spiro atoms. The second-order valence-corrected chi connectivity index (χ2v) is 6.67. The number of hydrogen-bond donors (Lipinski definition) is 0. The third-order valence-corrected chi connectivity index (χ3v) is 4.80. The Hall–Kier alpha value is -2.24. The second-order valence-electron chi connectivity index (χ2n) is 5.86. The van der Waals surface area contributed by atoms with E-state index in [1.165, 1.54) is 4.90 Å². The second kappa shape index (κ2) is 9.62. The van der Waals surface area contributed by atoms with Crippen molar-refractivity contribution in [3.8, 4) is 5.75 Å². The lowest BCUT2D eigenvalue weighted by Gasteiger charge is -2.27. The molecule has 2 aromatic carbocycles. The summed E-state index contributed by atoms with van der Waals surface area (Å²) in [7, 11) is 3.14. The van der Waals surface area contributed by atoms with E-state index in [1.54, 1.807) is 63.5 Å². The normalized spacial score (nSPS) is 11.6. The lowest BCUT2D eigenvalue weighted by atomic mass is 10.0. The molecule has 0 saturated carbocycles. The van der Waals surface area contributed by atoms with Gasteiger partial charge >= 0.3 is 5.97 Å². The number of carbonyl (C=O) groups excluding carboxylic acids is 2. The maximum absolute atomic E-state index is 12.8. The molecule has 27 heavy (non-hydrogen) atoms. The van der Waals surface area contributed by atoms with Crippen molar-refractivity contribution in [2.75, 3.05) is 20.8 Å². The lowest BCUT2D eigenvalue weighted by Crippen LogP contribution is -2.37. The molecule has 5 nitrogen and oxygen atoms in total.